The van der Waals surface area contributed by atoms with Crippen LogP contribution in [-0.4, -0.2) is 30.1 Å². The molecule has 8 heteroatoms. The molecular weight excluding hydrogens is 438 g/mol. The van der Waals surface area contributed by atoms with Crippen LogP contribution in [0, 0.1) is 6.92 Å². The average Bonchev–Trinajstić information content (AvgIpc) is 3.18. The van der Waals surface area contributed by atoms with E-state index in [2.05, 4.69) is 15.3 Å². The number of amides is 1. The SMILES string of the molecule is COCc1nc(OC)c2c(C)c(C(=O)NCc3ccccc3OCc3ccccc3)sc2n1. The number of benzene rings is 2. The smallest absolute Gasteiger partial charge is 0.261 e. The van der Waals surface area contributed by atoms with Crippen molar-refractivity contribution in [2.24, 2.45) is 0 Å². The van der Waals surface area contributed by atoms with E-state index in [4.69, 9.17) is 14.2 Å². The van der Waals surface area contributed by atoms with Crippen LogP contribution in [0.2, 0.25) is 0 Å². The van der Waals surface area contributed by atoms with Crippen molar-refractivity contribution in [3.05, 3.63) is 82.0 Å². The van der Waals surface area contributed by atoms with Crippen LogP contribution in [0.15, 0.2) is 54.6 Å². The molecule has 0 spiro atoms. The summed E-state index contributed by atoms with van der Waals surface area (Å²) in [6.45, 7) is 2.95. The van der Waals surface area contributed by atoms with E-state index in [9.17, 15) is 4.79 Å². The van der Waals surface area contributed by atoms with Gasteiger partial charge in [-0.1, -0.05) is 48.5 Å². The molecule has 4 rings (SSSR count). The minimum absolute atomic E-state index is 0.177. The Morgan fingerprint density at radius 3 is 2.52 bits per heavy atom. The Kier molecular flexibility index (Phi) is 7.16. The zero-order chi connectivity index (χ0) is 23.2. The molecule has 0 fully saturated rings. The lowest BCUT2D eigenvalue weighted by Gasteiger charge is -2.12. The normalized spacial score (nSPS) is 10.9. The van der Waals surface area contributed by atoms with E-state index in [-0.39, 0.29) is 12.5 Å². The van der Waals surface area contributed by atoms with Gasteiger partial charge in [0, 0.05) is 19.2 Å². The molecule has 0 aliphatic heterocycles. The Labute approximate surface area is 196 Å². The average molecular weight is 464 g/mol. The molecule has 2 aromatic heterocycles. The summed E-state index contributed by atoms with van der Waals surface area (Å²) in [5, 5.41) is 3.76. The van der Waals surface area contributed by atoms with Crippen molar-refractivity contribution in [1.82, 2.24) is 15.3 Å². The second kappa shape index (κ2) is 10.4. The molecule has 0 bridgehead atoms. The minimum atomic E-state index is -0.177. The highest BCUT2D eigenvalue weighted by molar-refractivity contribution is 7.20. The number of aromatic nitrogens is 2. The molecule has 170 valence electrons. The van der Waals surface area contributed by atoms with Crippen molar-refractivity contribution < 1.29 is 19.0 Å². The number of hydrogen-bond acceptors (Lipinski definition) is 7. The van der Waals surface area contributed by atoms with Crippen LogP contribution in [0.4, 0.5) is 0 Å². The molecule has 0 saturated heterocycles. The predicted molar refractivity (Wildman–Crippen MR) is 128 cm³/mol. The summed E-state index contributed by atoms with van der Waals surface area (Å²) < 4.78 is 16.6. The zero-order valence-corrected chi connectivity index (χ0v) is 19.6. The third-order valence-corrected chi connectivity index (χ3v) is 6.31. The van der Waals surface area contributed by atoms with Gasteiger partial charge in [0.15, 0.2) is 5.82 Å². The molecule has 0 unspecified atom stereocenters. The van der Waals surface area contributed by atoms with Crippen molar-refractivity contribution in [2.45, 2.75) is 26.7 Å². The quantitative estimate of drug-likeness (QED) is 0.389. The molecule has 0 atom stereocenters. The van der Waals surface area contributed by atoms with Crippen LogP contribution in [0.1, 0.15) is 32.2 Å². The van der Waals surface area contributed by atoms with E-state index in [0.717, 1.165) is 27.8 Å². The van der Waals surface area contributed by atoms with Gasteiger partial charge in [0.05, 0.1) is 17.4 Å². The molecule has 33 heavy (non-hydrogen) atoms. The lowest BCUT2D eigenvalue weighted by molar-refractivity contribution is 0.0954. The molecular formula is C25H25N3O4S. The number of thiophene rings is 1. The fourth-order valence-corrected chi connectivity index (χ4v) is 4.59. The van der Waals surface area contributed by atoms with Gasteiger partial charge in [-0.2, -0.15) is 4.98 Å². The van der Waals surface area contributed by atoms with Crippen LogP contribution in [0.5, 0.6) is 11.6 Å². The minimum Gasteiger partial charge on any atom is -0.489 e. The summed E-state index contributed by atoms with van der Waals surface area (Å²) in [5.41, 5.74) is 2.78. The number of aryl methyl sites for hydroxylation is 1. The molecule has 1 N–H and O–H groups in total. The molecule has 0 saturated carbocycles. The number of nitrogens with one attached hydrogen (secondary N) is 1. The Bertz CT molecular complexity index is 1260. The van der Waals surface area contributed by atoms with Crippen LogP contribution in [-0.2, 0) is 24.5 Å². The van der Waals surface area contributed by atoms with Gasteiger partial charge in [-0.05, 0) is 24.1 Å². The molecule has 4 aromatic rings. The maximum atomic E-state index is 13.1. The maximum Gasteiger partial charge on any atom is 0.261 e. The first-order valence-electron chi connectivity index (χ1n) is 10.5. The van der Waals surface area contributed by atoms with Crippen LogP contribution < -0.4 is 14.8 Å². The highest BCUT2D eigenvalue weighted by Crippen LogP contribution is 2.35. The number of para-hydroxylation sites is 1. The third kappa shape index (κ3) is 5.13. The van der Waals surface area contributed by atoms with Crippen LogP contribution in [0.25, 0.3) is 10.2 Å². The molecule has 0 radical (unpaired) electrons. The number of rotatable bonds is 9. The Morgan fingerprint density at radius 1 is 1.00 bits per heavy atom. The summed E-state index contributed by atoms with van der Waals surface area (Å²) >= 11 is 1.32. The number of hydrogen-bond donors (Lipinski definition) is 1. The first kappa shape index (κ1) is 22.7. The van der Waals surface area contributed by atoms with Gasteiger partial charge in [-0.3, -0.25) is 4.79 Å². The molecule has 7 nitrogen and oxygen atoms in total. The molecule has 0 aliphatic carbocycles. The number of fused-ring (bicyclic) bond motifs is 1. The summed E-state index contributed by atoms with van der Waals surface area (Å²) in [4.78, 5) is 23.2. The second-order valence-electron chi connectivity index (χ2n) is 7.38. The van der Waals surface area contributed by atoms with E-state index < -0.39 is 0 Å². The summed E-state index contributed by atoms with van der Waals surface area (Å²) in [6, 6.07) is 17.7. The lowest BCUT2D eigenvalue weighted by Crippen LogP contribution is -2.22. The number of carbonyl (C=O) groups is 1. The van der Waals surface area contributed by atoms with Gasteiger partial charge in [-0.15, -0.1) is 11.3 Å². The van der Waals surface area contributed by atoms with E-state index in [1.807, 2.05) is 61.5 Å². The van der Waals surface area contributed by atoms with Gasteiger partial charge in [0.25, 0.3) is 5.91 Å². The number of nitrogens with zero attached hydrogens (tertiary/aromatic N) is 2. The van der Waals surface area contributed by atoms with Crippen LogP contribution in [0.3, 0.4) is 0 Å². The topological polar surface area (TPSA) is 82.6 Å². The molecule has 0 aliphatic rings. The summed E-state index contributed by atoms with van der Waals surface area (Å²) in [7, 11) is 3.14. The van der Waals surface area contributed by atoms with E-state index in [0.29, 0.717) is 34.6 Å². The van der Waals surface area contributed by atoms with E-state index in [1.54, 1.807) is 14.2 Å². The van der Waals surface area contributed by atoms with Gasteiger partial charge in [0.1, 0.15) is 23.8 Å². The van der Waals surface area contributed by atoms with Gasteiger partial charge in [-0.25, -0.2) is 4.98 Å². The van der Waals surface area contributed by atoms with Crippen molar-refractivity contribution >= 4 is 27.5 Å². The highest BCUT2D eigenvalue weighted by Gasteiger charge is 2.21. The largest absolute Gasteiger partial charge is 0.489 e. The monoisotopic (exact) mass is 463 g/mol. The fourth-order valence-electron chi connectivity index (χ4n) is 3.48. The second-order valence-corrected chi connectivity index (χ2v) is 8.38. The standard InChI is InChI=1S/C25H25N3O4S/c1-16-21-24(31-3)27-20(15-30-2)28-25(21)33-22(16)23(29)26-13-18-11-7-8-12-19(18)32-14-17-9-5-4-6-10-17/h4-12H,13-15H2,1-3H3,(H,26,29). The lowest BCUT2D eigenvalue weighted by atomic mass is 10.1. The first-order valence-corrected chi connectivity index (χ1v) is 11.3. The first-order chi connectivity index (χ1) is 16.1. The molecule has 2 aromatic carbocycles. The molecule has 1 amide bonds. The fraction of sp³-hybridized carbons (Fsp3) is 0.240. The summed E-state index contributed by atoms with van der Waals surface area (Å²) in [5.74, 6) is 1.52. The Hall–Kier alpha value is -3.49. The third-order valence-electron chi connectivity index (χ3n) is 5.13. The van der Waals surface area contributed by atoms with Gasteiger partial charge >= 0.3 is 0 Å². The summed E-state index contributed by atoms with van der Waals surface area (Å²) in [6.07, 6.45) is 0. The van der Waals surface area contributed by atoms with Crippen molar-refractivity contribution in [3.8, 4) is 11.6 Å². The maximum absolute atomic E-state index is 13.1. The van der Waals surface area contributed by atoms with Gasteiger partial charge < -0.3 is 19.5 Å². The van der Waals surface area contributed by atoms with Gasteiger partial charge in [0.2, 0.25) is 5.88 Å². The number of methoxy groups -OCH3 is 2. The van der Waals surface area contributed by atoms with E-state index >= 15 is 0 Å². The van der Waals surface area contributed by atoms with E-state index in [1.165, 1.54) is 11.3 Å². The van der Waals surface area contributed by atoms with Crippen LogP contribution >= 0.6 is 11.3 Å². The number of ether oxygens (including phenoxy) is 3. The predicted octanol–water partition coefficient (Wildman–Crippen LogP) is 4.66. The zero-order valence-electron chi connectivity index (χ0n) is 18.8. The van der Waals surface area contributed by atoms with Crippen molar-refractivity contribution in [1.29, 1.82) is 0 Å². The Morgan fingerprint density at radius 2 is 1.76 bits per heavy atom. The molecule has 2 heterocycles. The van der Waals surface area contributed by atoms with Crippen molar-refractivity contribution in [3.63, 3.8) is 0 Å². The number of carbonyl (C=O) groups excluding carboxylic acids is 1. The highest BCUT2D eigenvalue weighted by atomic mass is 32.1. The Balaban J connectivity index is 1.51. The van der Waals surface area contributed by atoms with Crippen molar-refractivity contribution in [2.75, 3.05) is 14.2 Å².